The number of hydrogen-bond acceptors (Lipinski definition) is 2. The first-order valence-corrected chi connectivity index (χ1v) is 12.3. The fraction of sp³-hybridized carbons (Fsp3) is 0.367. The van der Waals surface area contributed by atoms with Crippen LogP contribution in [0.25, 0.3) is 0 Å². The van der Waals surface area contributed by atoms with Crippen molar-refractivity contribution in [2.45, 2.75) is 52.0 Å². The minimum absolute atomic E-state index is 0.150. The lowest BCUT2D eigenvalue weighted by Gasteiger charge is -2.21. The Bertz CT molecular complexity index is 1150. The Hall–Kier alpha value is -3.14. The molecule has 0 aromatic heterocycles. The lowest BCUT2D eigenvalue weighted by Crippen LogP contribution is -2.30. The summed E-state index contributed by atoms with van der Waals surface area (Å²) in [6.45, 7) is 3.64. The highest BCUT2D eigenvalue weighted by Gasteiger charge is 2.28. The maximum Gasteiger partial charge on any atom is 0.184 e. The molecular formula is C30H35FNO2+. The number of hydrogen-bond donors (Lipinski definition) is 0. The number of unbranched alkanes of at least 4 members (excludes halogenated alkanes) is 1. The first-order valence-electron chi connectivity index (χ1n) is 12.3. The summed E-state index contributed by atoms with van der Waals surface area (Å²) >= 11 is 0. The number of nitrogens with zero attached hydrogens (tertiary/aromatic N) is 1. The van der Waals surface area contributed by atoms with Gasteiger partial charge in [0.05, 0.1) is 19.8 Å². The van der Waals surface area contributed by atoms with E-state index in [0.717, 1.165) is 49.3 Å². The van der Waals surface area contributed by atoms with E-state index in [4.69, 9.17) is 9.47 Å². The van der Waals surface area contributed by atoms with Crippen LogP contribution in [0, 0.1) is 5.82 Å². The van der Waals surface area contributed by atoms with E-state index < -0.39 is 0 Å². The van der Waals surface area contributed by atoms with E-state index in [1.807, 2.05) is 12.1 Å². The molecule has 0 amide bonds. The summed E-state index contributed by atoms with van der Waals surface area (Å²) in [6.07, 6.45) is 6.28. The molecule has 0 N–H and O–H groups in total. The molecule has 4 heteroatoms. The normalized spacial score (nSPS) is 13.1. The van der Waals surface area contributed by atoms with E-state index in [1.165, 1.54) is 40.8 Å². The maximum atomic E-state index is 14.5. The lowest BCUT2D eigenvalue weighted by molar-refractivity contribution is -0.546. The molecule has 1 aliphatic rings. The van der Waals surface area contributed by atoms with E-state index in [9.17, 15) is 4.39 Å². The van der Waals surface area contributed by atoms with Crippen LogP contribution < -0.4 is 9.47 Å². The van der Waals surface area contributed by atoms with E-state index in [0.29, 0.717) is 6.54 Å². The van der Waals surface area contributed by atoms with Crippen molar-refractivity contribution in [3.05, 3.63) is 94.3 Å². The van der Waals surface area contributed by atoms with Crippen molar-refractivity contribution in [2.24, 2.45) is 0 Å². The third-order valence-corrected chi connectivity index (χ3v) is 6.76. The molecular weight excluding hydrogens is 425 g/mol. The first kappa shape index (κ1) is 24.0. The predicted octanol–water partition coefficient (Wildman–Crippen LogP) is 6.38. The van der Waals surface area contributed by atoms with Gasteiger partial charge in [-0.15, -0.1) is 0 Å². The average Bonchev–Trinajstić information content (AvgIpc) is 2.87. The number of halogens is 1. The van der Waals surface area contributed by atoms with E-state index in [1.54, 1.807) is 26.4 Å². The molecule has 0 unspecified atom stereocenters. The summed E-state index contributed by atoms with van der Waals surface area (Å²) in [6, 6.07) is 20.3. The van der Waals surface area contributed by atoms with Crippen molar-refractivity contribution in [1.29, 1.82) is 0 Å². The molecule has 0 aliphatic carbocycles. The third kappa shape index (κ3) is 5.49. The Morgan fingerprint density at radius 2 is 1.53 bits per heavy atom. The van der Waals surface area contributed by atoms with Gasteiger partial charge < -0.3 is 9.47 Å². The Kier molecular flexibility index (Phi) is 7.99. The molecule has 0 saturated heterocycles. The molecule has 0 atom stereocenters. The molecule has 178 valence electrons. The van der Waals surface area contributed by atoms with Gasteiger partial charge in [-0.3, -0.25) is 0 Å². The molecule has 3 aromatic carbocycles. The lowest BCUT2D eigenvalue weighted by atomic mass is 9.91. The van der Waals surface area contributed by atoms with Crippen LogP contribution in [0.4, 0.5) is 4.39 Å². The van der Waals surface area contributed by atoms with Crippen LogP contribution in [0.1, 0.15) is 54.0 Å². The van der Waals surface area contributed by atoms with Crippen molar-refractivity contribution in [3.63, 3.8) is 0 Å². The average molecular weight is 461 g/mol. The fourth-order valence-electron chi connectivity index (χ4n) is 4.77. The Morgan fingerprint density at radius 3 is 2.21 bits per heavy atom. The highest BCUT2D eigenvalue weighted by Crippen LogP contribution is 2.33. The zero-order chi connectivity index (χ0) is 23.9. The van der Waals surface area contributed by atoms with Gasteiger partial charge in [-0.25, -0.2) is 8.97 Å². The fourth-order valence-corrected chi connectivity index (χ4v) is 4.77. The van der Waals surface area contributed by atoms with Crippen LogP contribution in [-0.4, -0.2) is 31.1 Å². The summed E-state index contributed by atoms with van der Waals surface area (Å²) in [4.78, 5) is 0. The van der Waals surface area contributed by atoms with Gasteiger partial charge in [0.2, 0.25) is 0 Å². The van der Waals surface area contributed by atoms with Gasteiger partial charge in [-0.05, 0) is 60.2 Å². The molecule has 4 rings (SSSR count). The van der Waals surface area contributed by atoms with Crippen molar-refractivity contribution >= 4 is 5.71 Å². The Balaban J connectivity index is 1.66. The maximum absolute atomic E-state index is 14.5. The van der Waals surface area contributed by atoms with Crippen LogP contribution in [0.3, 0.4) is 0 Å². The standard InChI is InChI=1S/C30H35FNO2/c1-4-5-8-22-11-13-23(14-12-22)15-16-28-26-20-30(34-3)29(33-2)19-24(26)17-18-32(28)21-25-9-6-7-10-27(25)31/h6-7,9-14,19-20H,4-5,8,15-18,21H2,1-3H3/q+1. The summed E-state index contributed by atoms with van der Waals surface area (Å²) < 4.78 is 28.0. The monoisotopic (exact) mass is 460 g/mol. The summed E-state index contributed by atoms with van der Waals surface area (Å²) in [7, 11) is 3.34. The number of methoxy groups -OCH3 is 2. The van der Waals surface area contributed by atoms with Crippen LogP contribution in [0.15, 0.2) is 60.7 Å². The minimum atomic E-state index is -0.150. The number of benzene rings is 3. The van der Waals surface area contributed by atoms with Crippen molar-refractivity contribution in [3.8, 4) is 11.5 Å². The van der Waals surface area contributed by atoms with E-state index in [2.05, 4.69) is 47.9 Å². The molecule has 0 radical (unpaired) electrons. The molecule has 1 heterocycles. The second-order valence-electron chi connectivity index (χ2n) is 8.99. The summed E-state index contributed by atoms with van der Waals surface area (Å²) in [5.74, 6) is 1.33. The quantitative estimate of drug-likeness (QED) is 0.328. The SMILES string of the molecule is CCCCc1ccc(CCC2=[N+](Cc3ccccc3F)CCc3cc(OC)c(OC)cc32)cc1. The molecule has 1 aliphatic heterocycles. The Morgan fingerprint density at radius 1 is 0.853 bits per heavy atom. The van der Waals surface area contributed by atoms with Crippen LogP contribution >= 0.6 is 0 Å². The largest absolute Gasteiger partial charge is 0.493 e. The van der Waals surface area contributed by atoms with Crippen LogP contribution in [0.2, 0.25) is 0 Å². The molecule has 3 aromatic rings. The van der Waals surface area contributed by atoms with Crippen molar-refractivity contribution < 1.29 is 18.4 Å². The zero-order valence-electron chi connectivity index (χ0n) is 20.6. The van der Waals surface area contributed by atoms with Gasteiger partial charge in [-0.1, -0.05) is 49.7 Å². The van der Waals surface area contributed by atoms with Crippen LogP contribution in [0.5, 0.6) is 11.5 Å². The van der Waals surface area contributed by atoms with Gasteiger partial charge in [0.1, 0.15) is 12.4 Å². The molecule has 0 fully saturated rings. The van der Waals surface area contributed by atoms with Crippen molar-refractivity contribution in [1.82, 2.24) is 0 Å². The molecule has 0 saturated carbocycles. The second kappa shape index (κ2) is 11.3. The molecule has 0 spiro atoms. The van der Waals surface area contributed by atoms with Crippen LogP contribution in [-0.2, 0) is 25.8 Å². The second-order valence-corrected chi connectivity index (χ2v) is 8.99. The molecule has 3 nitrogen and oxygen atoms in total. The van der Waals surface area contributed by atoms with Gasteiger partial charge in [0.15, 0.2) is 23.8 Å². The number of rotatable bonds is 10. The topological polar surface area (TPSA) is 21.5 Å². The van der Waals surface area contributed by atoms with Gasteiger partial charge in [0.25, 0.3) is 0 Å². The first-order chi connectivity index (χ1) is 16.6. The predicted molar refractivity (Wildman–Crippen MR) is 136 cm³/mol. The van der Waals surface area contributed by atoms with E-state index in [-0.39, 0.29) is 5.82 Å². The summed E-state index contributed by atoms with van der Waals surface area (Å²) in [5, 5.41) is 0. The third-order valence-electron chi connectivity index (χ3n) is 6.76. The van der Waals surface area contributed by atoms with Gasteiger partial charge >= 0.3 is 0 Å². The van der Waals surface area contributed by atoms with Gasteiger partial charge in [0, 0.05) is 18.4 Å². The molecule has 0 bridgehead atoms. The van der Waals surface area contributed by atoms with Crippen molar-refractivity contribution in [2.75, 3.05) is 20.8 Å². The highest BCUT2D eigenvalue weighted by atomic mass is 19.1. The van der Waals surface area contributed by atoms with E-state index >= 15 is 0 Å². The number of ether oxygens (including phenoxy) is 2. The van der Waals surface area contributed by atoms with Gasteiger partial charge in [-0.2, -0.15) is 0 Å². The number of fused-ring (bicyclic) bond motifs is 1. The number of aryl methyl sites for hydroxylation is 2. The smallest absolute Gasteiger partial charge is 0.184 e. The highest BCUT2D eigenvalue weighted by molar-refractivity contribution is 5.99. The minimum Gasteiger partial charge on any atom is -0.493 e. The Labute approximate surface area is 202 Å². The molecule has 34 heavy (non-hydrogen) atoms. The zero-order valence-corrected chi connectivity index (χ0v) is 20.6. The summed E-state index contributed by atoms with van der Waals surface area (Å²) in [5.41, 5.74) is 7.13.